The molecule has 29 heavy (non-hydrogen) atoms. The fraction of sp³-hybridized carbons (Fsp3) is 0.316. The van der Waals surface area contributed by atoms with Crippen LogP contribution in [0.5, 0.6) is 11.5 Å². The molecule has 0 fully saturated rings. The molecule has 0 aliphatic carbocycles. The first-order valence-electron chi connectivity index (χ1n) is 9.04. The fourth-order valence-corrected chi connectivity index (χ4v) is 2.70. The van der Waals surface area contributed by atoms with E-state index >= 15 is 0 Å². The van der Waals surface area contributed by atoms with Gasteiger partial charge < -0.3 is 20.1 Å². The summed E-state index contributed by atoms with van der Waals surface area (Å²) in [6, 6.07) is 10.5. The number of hydrogen-bond acceptors (Lipinski definition) is 5. The fourth-order valence-electron chi connectivity index (χ4n) is 2.70. The molecule has 2 heterocycles. The number of guanidine groups is 1. The molecular weight excluding hydrogens is 382 g/mol. The van der Waals surface area contributed by atoms with E-state index < -0.39 is 6.61 Å². The molecule has 0 saturated heterocycles. The van der Waals surface area contributed by atoms with Crippen LogP contribution in [0.15, 0.2) is 47.6 Å². The van der Waals surface area contributed by atoms with E-state index in [4.69, 9.17) is 4.74 Å². The van der Waals surface area contributed by atoms with E-state index in [1.165, 1.54) is 6.07 Å². The molecule has 0 bridgehead atoms. The van der Waals surface area contributed by atoms with Crippen molar-refractivity contribution in [1.82, 2.24) is 25.2 Å². The van der Waals surface area contributed by atoms with E-state index in [9.17, 15) is 8.78 Å². The largest absolute Gasteiger partial charge is 0.490 e. The van der Waals surface area contributed by atoms with Crippen LogP contribution >= 0.6 is 0 Å². The molecule has 0 aliphatic heterocycles. The monoisotopic (exact) mass is 404 g/mol. The Bertz CT molecular complexity index is 976. The Morgan fingerprint density at radius 3 is 2.72 bits per heavy atom. The van der Waals surface area contributed by atoms with Gasteiger partial charge in [-0.2, -0.15) is 8.78 Å². The first-order valence-corrected chi connectivity index (χ1v) is 9.04. The minimum atomic E-state index is -2.91. The van der Waals surface area contributed by atoms with Crippen molar-refractivity contribution in [2.75, 3.05) is 13.7 Å². The number of pyridine rings is 1. The van der Waals surface area contributed by atoms with Crippen molar-refractivity contribution in [3.8, 4) is 11.5 Å². The Morgan fingerprint density at radius 2 is 1.97 bits per heavy atom. The van der Waals surface area contributed by atoms with Gasteiger partial charge in [0, 0.05) is 19.8 Å². The summed E-state index contributed by atoms with van der Waals surface area (Å²) in [6.45, 7) is 0.0450. The van der Waals surface area contributed by atoms with E-state index in [2.05, 4.69) is 30.6 Å². The number of ether oxygens (including phenoxy) is 2. The number of halogens is 2. The van der Waals surface area contributed by atoms with Crippen molar-refractivity contribution in [2.45, 2.75) is 26.6 Å². The van der Waals surface area contributed by atoms with Gasteiger partial charge in [-0.1, -0.05) is 12.1 Å². The maximum Gasteiger partial charge on any atom is 0.387 e. The summed E-state index contributed by atoms with van der Waals surface area (Å²) in [6.07, 6.45) is 1.89. The highest BCUT2D eigenvalue weighted by Crippen LogP contribution is 2.29. The minimum Gasteiger partial charge on any atom is -0.490 e. The molecule has 0 radical (unpaired) electrons. The predicted molar refractivity (Wildman–Crippen MR) is 104 cm³/mol. The lowest BCUT2D eigenvalue weighted by atomic mass is 10.2. The highest BCUT2D eigenvalue weighted by molar-refractivity contribution is 5.79. The Kier molecular flexibility index (Phi) is 6.77. The number of nitrogens with zero attached hydrogens (tertiary/aromatic N) is 4. The molecule has 10 heteroatoms. The standard InChI is InChI=1S/C19H22F2N6O2/c1-3-28-15-10-13(7-8-14(15)29-18(20)21)11-23-19(22-2)24-12-17-26-25-16-6-4-5-9-27(16)17/h4-10,18H,3,11-12H2,1-2H3,(H2,22,23,24). The van der Waals surface area contributed by atoms with Crippen molar-refractivity contribution in [3.63, 3.8) is 0 Å². The average molecular weight is 404 g/mol. The molecule has 0 spiro atoms. The maximum atomic E-state index is 12.5. The van der Waals surface area contributed by atoms with E-state index in [0.717, 1.165) is 17.0 Å². The van der Waals surface area contributed by atoms with Crippen LogP contribution in [0.3, 0.4) is 0 Å². The molecule has 0 amide bonds. The number of alkyl halides is 2. The SMILES string of the molecule is CCOc1cc(CNC(=NC)NCc2nnc3ccccn23)ccc1OC(F)F. The predicted octanol–water partition coefficient (Wildman–Crippen LogP) is 2.59. The van der Waals surface area contributed by atoms with Crippen LogP contribution in [0.2, 0.25) is 0 Å². The quantitative estimate of drug-likeness (QED) is 0.444. The number of hydrogen-bond donors (Lipinski definition) is 2. The minimum absolute atomic E-state index is 0.00629. The first-order chi connectivity index (χ1) is 14.1. The molecule has 3 rings (SSSR count). The molecule has 2 N–H and O–H groups in total. The van der Waals surface area contributed by atoms with Crippen molar-refractivity contribution >= 4 is 11.6 Å². The third kappa shape index (κ3) is 5.31. The van der Waals surface area contributed by atoms with Gasteiger partial charge in [-0.3, -0.25) is 9.39 Å². The zero-order chi connectivity index (χ0) is 20.6. The summed E-state index contributed by atoms with van der Waals surface area (Å²) >= 11 is 0. The van der Waals surface area contributed by atoms with Crippen LogP contribution < -0.4 is 20.1 Å². The summed E-state index contributed by atoms with van der Waals surface area (Å²) in [5.74, 6) is 1.58. The second-order valence-corrected chi connectivity index (χ2v) is 5.92. The number of benzene rings is 1. The number of nitrogens with one attached hydrogen (secondary N) is 2. The first kappa shape index (κ1) is 20.3. The summed E-state index contributed by atoms with van der Waals surface area (Å²) in [4.78, 5) is 4.18. The van der Waals surface area contributed by atoms with Crippen LogP contribution in [0.4, 0.5) is 8.78 Å². The second kappa shape index (κ2) is 9.67. The van der Waals surface area contributed by atoms with Crippen LogP contribution in [0.25, 0.3) is 5.65 Å². The van der Waals surface area contributed by atoms with Gasteiger partial charge in [0.25, 0.3) is 0 Å². The zero-order valence-corrected chi connectivity index (χ0v) is 16.1. The Hall–Kier alpha value is -3.43. The Labute approximate surface area is 166 Å². The second-order valence-electron chi connectivity index (χ2n) is 5.92. The highest BCUT2D eigenvalue weighted by atomic mass is 19.3. The van der Waals surface area contributed by atoms with E-state index in [-0.39, 0.29) is 11.5 Å². The molecule has 0 saturated carbocycles. The van der Waals surface area contributed by atoms with E-state index in [0.29, 0.717) is 25.7 Å². The van der Waals surface area contributed by atoms with Crippen LogP contribution in [-0.2, 0) is 13.1 Å². The molecule has 8 nitrogen and oxygen atoms in total. The zero-order valence-electron chi connectivity index (χ0n) is 16.1. The molecule has 0 atom stereocenters. The number of rotatable bonds is 8. The van der Waals surface area contributed by atoms with E-state index in [1.807, 2.05) is 28.8 Å². The van der Waals surface area contributed by atoms with Gasteiger partial charge in [0.05, 0.1) is 13.2 Å². The lowest BCUT2D eigenvalue weighted by molar-refractivity contribution is -0.0514. The lowest BCUT2D eigenvalue weighted by Crippen LogP contribution is -2.36. The van der Waals surface area contributed by atoms with Gasteiger partial charge in [0.2, 0.25) is 0 Å². The Balaban J connectivity index is 1.60. The van der Waals surface area contributed by atoms with Crippen LogP contribution in [-0.4, -0.2) is 40.8 Å². The highest BCUT2D eigenvalue weighted by Gasteiger charge is 2.12. The van der Waals surface area contributed by atoms with Gasteiger partial charge in [-0.15, -0.1) is 10.2 Å². The van der Waals surface area contributed by atoms with Crippen molar-refractivity contribution in [1.29, 1.82) is 0 Å². The normalized spacial score (nSPS) is 11.7. The summed E-state index contributed by atoms with van der Waals surface area (Å²) < 4.78 is 36.8. The Morgan fingerprint density at radius 1 is 1.14 bits per heavy atom. The third-order valence-electron chi connectivity index (χ3n) is 4.01. The van der Waals surface area contributed by atoms with Crippen LogP contribution in [0, 0.1) is 0 Å². The molecule has 0 unspecified atom stereocenters. The molecule has 154 valence electrons. The van der Waals surface area contributed by atoms with Crippen molar-refractivity contribution in [2.24, 2.45) is 4.99 Å². The van der Waals surface area contributed by atoms with E-state index in [1.54, 1.807) is 26.1 Å². The molecule has 3 aromatic rings. The smallest absolute Gasteiger partial charge is 0.387 e. The molecule has 0 aliphatic rings. The van der Waals surface area contributed by atoms with Gasteiger partial charge in [-0.25, -0.2) is 0 Å². The van der Waals surface area contributed by atoms with Crippen molar-refractivity contribution in [3.05, 3.63) is 54.0 Å². The topological polar surface area (TPSA) is 85.1 Å². The van der Waals surface area contributed by atoms with Crippen LogP contribution in [0.1, 0.15) is 18.3 Å². The molecule has 1 aromatic carbocycles. The van der Waals surface area contributed by atoms with Gasteiger partial charge >= 0.3 is 6.61 Å². The summed E-state index contributed by atoms with van der Waals surface area (Å²) in [5, 5.41) is 14.6. The summed E-state index contributed by atoms with van der Waals surface area (Å²) in [5.41, 5.74) is 1.59. The van der Waals surface area contributed by atoms with Gasteiger partial charge in [-0.05, 0) is 36.8 Å². The average Bonchev–Trinajstić information content (AvgIpc) is 3.13. The number of fused-ring (bicyclic) bond motifs is 1. The maximum absolute atomic E-state index is 12.5. The van der Waals surface area contributed by atoms with Gasteiger partial charge in [0.1, 0.15) is 0 Å². The lowest BCUT2D eigenvalue weighted by Gasteiger charge is -2.14. The van der Waals surface area contributed by atoms with Gasteiger partial charge in [0.15, 0.2) is 28.9 Å². The molecular formula is C19H22F2N6O2. The third-order valence-corrected chi connectivity index (χ3v) is 4.01. The molecule has 2 aromatic heterocycles. The summed E-state index contributed by atoms with van der Waals surface area (Å²) in [7, 11) is 1.66. The van der Waals surface area contributed by atoms with Crippen molar-refractivity contribution < 1.29 is 18.3 Å². The number of aliphatic imine (C=N–C) groups is 1. The number of aromatic nitrogens is 3.